The summed E-state index contributed by atoms with van der Waals surface area (Å²) in [7, 11) is 1.41. The van der Waals surface area contributed by atoms with Crippen molar-refractivity contribution in [2.45, 2.75) is 44.6 Å². The SMILES string of the molecule is COC(=O)C(ON)C12CC3CC(CC(C3)C1)C2. The summed E-state index contributed by atoms with van der Waals surface area (Å²) in [4.78, 5) is 16.8. The summed E-state index contributed by atoms with van der Waals surface area (Å²) in [5.74, 6) is 7.42. The first kappa shape index (κ1) is 11.5. The molecular formula is C13H21NO3. The summed E-state index contributed by atoms with van der Waals surface area (Å²) in [6.45, 7) is 0. The maximum atomic E-state index is 11.8. The Bertz CT molecular complexity index is 293. The van der Waals surface area contributed by atoms with E-state index in [1.165, 1.54) is 26.4 Å². The molecule has 0 aliphatic heterocycles. The molecule has 4 nitrogen and oxygen atoms in total. The summed E-state index contributed by atoms with van der Waals surface area (Å²) in [6.07, 6.45) is 6.76. The van der Waals surface area contributed by atoms with Gasteiger partial charge in [-0.05, 0) is 56.3 Å². The highest BCUT2D eigenvalue weighted by Crippen LogP contribution is 2.61. The molecule has 0 aromatic carbocycles. The number of hydrogen-bond donors (Lipinski definition) is 1. The molecule has 0 spiro atoms. The summed E-state index contributed by atoms with van der Waals surface area (Å²) in [5, 5.41) is 0. The molecule has 0 radical (unpaired) electrons. The van der Waals surface area contributed by atoms with Crippen molar-refractivity contribution in [3.8, 4) is 0 Å². The van der Waals surface area contributed by atoms with Crippen LogP contribution in [0.4, 0.5) is 0 Å². The Morgan fingerprint density at radius 3 is 2.00 bits per heavy atom. The Labute approximate surface area is 102 Å². The first-order chi connectivity index (χ1) is 8.16. The third kappa shape index (κ3) is 1.69. The average molecular weight is 239 g/mol. The largest absolute Gasteiger partial charge is 0.467 e. The van der Waals surface area contributed by atoms with Gasteiger partial charge in [0, 0.05) is 5.41 Å². The van der Waals surface area contributed by atoms with E-state index in [1.54, 1.807) is 0 Å². The second-order valence-corrected chi connectivity index (χ2v) is 6.32. The van der Waals surface area contributed by atoms with Gasteiger partial charge >= 0.3 is 5.97 Å². The molecule has 4 aliphatic rings. The zero-order chi connectivity index (χ0) is 12.0. The van der Waals surface area contributed by atoms with Crippen LogP contribution in [0.5, 0.6) is 0 Å². The highest BCUT2D eigenvalue weighted by atomic mass is 16.6. The molecule has 4 bridgehead atoms. The monoisotopic (exact) mass is 239 g/mol. The minimum absolute atomic E-state index is 0.0312. The van der Waals surface area contributed by atoms with Crippen LogP contribution in [0.3, 0.4) is 0 Å². The molecule has 0 aromatic heterocycles. The minimum atomic E-state index is -0.555. The fourth-order valence-electron chi connectivity index (χ4n) is 5.06. The molecule has 4 rings (SSSR count). The Morgan fingerprint density at radius 1 is 1.18 bits per heavy atom. The standard InChI is InChI=1S/C13H21NO3/c1-16-12(15)11(17-14)13-5-8-2-9(6-13)4-10(3-8)7-13/h8-11H,2-7,14H2,1H3. The molecule has 4 heteroatoms. The number of carbonyl (C=O) groups is 1. The lowest BCUT2D eigenvalue weighted by Gasteiger charge is -2.58. The van der Waals surface area contributed by atoms with E-state index in [9.17, 15) is 4.79 Å². The van der Waals surface area contributed by atoms with E-state index < -0.39 is 6.10 Å². The van der Waals surface area contributed by atoms with Crippen molar-refractivity contribution in [2.75, 3.05) is 7.11 Å². The third-order valence-corrected chi connectivity index (χ3v) is 5.19. The summed E-state index contributed by atoms with van der Waals surface area (Å²) in [6, 6.07) is 0. The van der Waals surface area contributed by atoms with Gasteiger partial charge < -0.3 is 4.74 Å². The van der Waals surface area contributed by atoms with E-state index in [0.717, 1.165) is 37.0 Å². The molecule has 1 unspecified atom stereocenters. The maximum Gasteiger partial charge on any atom is 0.337 e. The van der Waals surface area contributed by atoms with E-state index in [1.807, 2.05) is 0 Å². The lowest BCUT2D eigenvalue weighted by atomic mass is 9.48. The second-order valence-electron chi connectivity index (χ2n) is 6.32. The molecule has 2 N–H and O–H groups in total. The van der Waals surface area contributed by atoms with Crippen LogP contribution >= 0.6 is 0 Å². The zero-order valence-corrected chi connectivity index (χ0v) is 10.4. The van der Waals surface area contributed by atoms with Crippen LogP contribution < -0.4 is 5.90 Å². The summed E-state index contributed by atoms with van der Waals surface area (Å²) in [5.41, 5.74) is -0.0312. The summed E-state index contributed by atoms with van der Waals surface area (Å²) < 4.78 is 4.85. The van der Waals surface area contributed by atoms with Crippen LogP contribution in [0.25, 0.3) is 0 Å². The van der Waals surface area contributed by atoms with Crippen LogP contribution in [-0.2, 0) is 14.4 Å². The molecule has 96 valence electrons. The minimum Gasteiger partial charge on any atom is -0.467 e. The number of ether oxygens (including phenoxy) is 1. The molecule has 0 heterocycles. The van der Waals surface area contributed by atoms with Crippen molar-refractivity contribution >= 4 is 5.97 Å². The lowest BCUT2D eigenvalue weighted by Crippen LogP contribution is -2.55. The smallest absolute Gasteiger partial charge is 0.337 e. The van der Waals surface area contributed by atoms with E-state index in [0.29, 0.717) is 0 Å². The number of carbonyl (C=O) groups excluding carboxylic acids is 1. The summed E-state index contributed by atoms with van der Waals surface area (Å²) >= 11 is 0. The van der Waals surface area contributed by atoms with Gasteiger partial charge in [0.15, 0.2) is 6.10 Å². The van der Waals surface area contributed by atoms with Crippen LogP contribution in [0.15, 0.2) is 0 Å². The van der Waals surface area contributed by atoms with Crippen LogP contribution in [0.2, 0.25) is 0 Å². The van der Waals surface area contributed by atoms with Gasteiger partial charge in [-0.25, -0.2) is 10.7 Å². The Kier molecular flexibility index (Phi) is 2.67. The molecule has 4 aliphatic carbocycles. The average Bonchev–Trinajstić information content (AvgIpc) is 2.27. The van der Waals surface area contributed by atoms with Gasteiger partial charge in [-0.1, -0.05) is 0 Å². The highest BCUT2D eigenvalue weighted by Gasteiger charge is 2.57. The van der Waals surface area contributed by atoms with E-state index >= 15 is 0 Å². The molecule has 1 atom stereocenters. The van der Waals surface area contributed by atoms with E-state index in [-0.39, 0.29) is 11.4 Å². The van der Waals surface area contributed by atoms with Gasteiger partial charge in [0.05, 0.1) is 7.11 Å². The quantitative estimate of drug-likeness (QED) is 0.600. The molecule has 0 aromatic rings. The van der Waals surface area contributed by atoms with Gasteiger partial charge in [0.1, 0.15) is 0 Å². The second kappa shape index (κ2) is 3.95. The maximum absolute atomic E-state index is 11.8. The Morgan fingerprint density at radius 2 is 1.65 bits per heavy atom. The van der Waals surface area contributed by atoms with Crippen LogP contribution in [0, 0.1) is 23.2 Å². The first-order valence-corrected chi connectivity index (χ1v) is 6.60. The normalized spacial score (nSPS) is 44.7. The van der Waals surface area contributed by atoms with Gasteiger partial charge in [-0.2, -0.15) is 0 Å². The van der Waals surface area contributed by atoms with Gasteiger partial charge in [0.2, 0.25) is 0 Å². The molecule has 17 heavy (non-hydrogen) atoms. The zero-order valence-electron chi connectivity index (χ0n) is 10.4. The van der Waals surface area contributed by atoms with Crippen molar-refractivity contribution in [3.63, 3.8) is 0 Å². The Balaban J connectivity index is 1.87. The van der Waals surface area contributed by atoms with Crippen molar-refractivity contribution in [2.24, 2.45) is 29.1 Å². The lowest BCUT2D eigenvalue weighted by molar-refractivity contribution is -0.184. The van der Waals surface area contributed by atoms with Crippen molar-refractivity contribution < 1.29 is 14.4 Å². The van der Waals surface area contributed by atoms with Gasteiger partial charge in [-0.3, -0.25) is 4.84 Å². The molecular weight excluding hydrogens is 218 g/mol. The number of nitrogens with two attached hydrogens (primary N) is 1. The van der Waals surface area contributed by atoms with E-state index in [4.69, 9.17) is 15.5 Å². The topological polar surface area (TPSA) is 61.5 Å². The highest BCUT2D eigenvalue weighted by molar-refractivity contribution is 5.75. The number of esters is 1. The third-order valence-electron chi connectivity index (χ3n) is 5.19. The molecule has 0 saturated heterocycles. The fourth-order valence-corrected chi connectivity index (χ4v) is 5.06. The van der Waals surface area contributed by atoms with Crippen LogP contribution in [0.1, 0.15) is 38.5 Å². The fraction of sp³-hybridized carbons (Fsp3) is 0.923. The number of methoxy groups -OCH3 is 1. The van der Waals surface area contributed by atoms with Gasteiger partial charge in [-0.15, -0.1) is 0 Å². The van der Waals surface area contributed by atoms with Crippen molar-refractivity contribution in [1.82, 2.24) is 0 Å². The predicted octanol–water partition coefficient (Wildman–Crippen LogP) is 1.63. The predicted molar refractivity (Wildman–Crippen MR) is 61.7 cm³/mol. The molecule has 4 saturated carbocycles. The van der Waals surface area contributed by atoms with Gasteiger partial charge in [0.25, 0.3) is 0 Å². The molecule has 0 amide bonds. The Hall–Kier alpha value is -0.610. The molecule has 4 fully saturated rings. The van der Waals surface area contributed by atoms with Crippen molar-refractivity contribution in [1.29, 1.82) is 0 Å². The van der Waals surface area contributed by atoms with Crippen LogP contribution in [-0.4, -0.2) is 19.2 Å². The number of rotatable bonds is 3. The number of hydrogen-bond acceptors (Lipinski definition) is 4. The van der Waals surface area contributed by atoms with E-state index in [2.05, 4.69) is 0 Å². The first-order valence-electron chi connectivity index (χ1n) is 6.60. The van der Waals surface area contributed by atoms with Crippen molar-refractivity contribution in [3.05, 3.63) is 0 Å².